The molecule has 0 amide bonds. The highest BCUT2D eigenvalue weighted by Crippen LogP contribution is 2.16. The Morgan fingerprint density at radius 1 is 1.38 bits per heavy atom. The van der Waals surface area contributed by atoms with Gasteiger partial charge in [-0.15, -0.1) is 11.3 Å². The van der Waals surface area contributed by atoms with Crippen molar-refractivity contribution in [1.29, 1.82) is 0 Å². The molecule has 2 N–H and O–H groups in total. The Morgan fingerprint density at radius 2 is 1.92 bits per heavy atom. The van der Waals surface area contributed by atoms with Gasteiger partial charge in [0, 0.05) is 0 Å². The predicted molar refractivity (Wildman–Crippen MR) is 58.7 cm³/mol. The number of rotatable bonds is 2. The summed E-state index contributed by atoms with van der Waals surface area (Å²) in [5, 5.41) is 7.82. The first kappa shape index (κ1) is 10.9. The van der Waals surface area contributed by atoms with E-state index in [9.17, 15) is 8.42 Å². The summed E-state index contributed by atoms with van der Waals surface area (Å²) in [6, 6.07) is 1.87. The van der Waals surface area contributed by atoms with Crippen LogP contribution in [0.5, 0.6) is 0 Å². The standard InChI is InChI=1S/C7H13NO2S2Si/c1-13(2,3)6-4-5-11-7(6)12(8,9)10/h4-5H,1-3H3,(H2,8,9,10). The second-order valence-corrected chi connectivity index (χ2v) is 11.6. The van der Waals surface area contributed by atoms with Gasteiger partial charge in [0.05, 0.1) is 8.07 Å². The quantitative estimate of drug-likeness (QED) is 0.776. The van der Waals surface area contributed by atoms with Gasteiger partial charge in [0.15, 0.2) is 0 Å². The summed E-state index contributed by atoms with van der Waals surface area (Å²) in [6.45, 7) is 6.30. The van der Waals surface area contributed by atoms with E-state index in [1.54, 1.807) is 5.38 Å². The van der Waals surface area contributed by atoms with E-state index >= 15 is 0 Å². The average molecular weight is 235 g/mol. The molecule has 0 atom stereocenters. The second-order valence-electron chi connectivity index (χ2n) is 3.92. The minimum absolute atomic E-state index is 0.340. The maximum Gasteiger partial charge on any atom is 0.247 e. The Bertz CT molecular complexity index is 402. The lowest BCUT2D eigenvalue weighted by atomic mass is 10.7. The van der Waals surface area contributed by atoms with Gasteiger partial charge < -0.3 is 0 Å². The number of thiophene rings is 1. The van der Waals surface area contributed by atoms with Crippen LogP contribution in [0, 0.1) is 0 Å². The predicted octanol–water partition coefficient (Wildman–Crippen LogP) is 0.941. The van der Waals surface area contributed by atoms with Gasteiger partial charge in [-0.3, -0.25) is 0 Å². The van der Waals surface area contributed by atoms with Crippen LogP contribution in [0.2, 0.25) is 19.6 Å². The molecule has 0 fully saturated rings. The number of hydrogen-bond donors (Lipinski definition) is 1. The smallest absolute Gasteiger partial charge is 0.224 e. The zero-order valence-electron chi connectivity index (χ0n) is 7.87. The normalized spacial score (nSPS) is 13.2. The van der Waals surface area contributed by atoms with Crippen LogP contribution in [-0.4, -0.2) is 16.5 Å². The molecule has 0 saturated heterocycles. The van der Waals surface area contributed by atoms with E-state index in [0.29, 0.717) is 4.21 Å². The number of nitrogens with two attached hydrogens (primary N) is 1. The Balaban J connectivity index is 3.35. The highest BCUT2D eigenvalue weighted by molar-refractivity contribution is 7.91. The maximum absolute atomic E-state index is 11.2. The lowest BCUT2D eigenvalue weighted by Gasteiger charge is -2.15. The summed E-state index contributed by atoms with van der Waals surface area (Å²) in [5.74, 6) is 0. The van der Waals surface area contributed by atoms with E-state index in [1.165, 1.54) is 11.3 Å². The van der Waals surface area contributed by atoms with Crippen molar-refractivity contribution in [2.24, 2.45) is 5.14 Å². The van der Waals surface area contributed by atoms with Crippen LogP contribution in [0.4, 0.5) is 0 Å². The van der Waals surface area contributed by atoms with Gasteiger partial charge in [-0.25, -0.2) is 13.6 Å². The van der Waals surface area contributed by atoms with Gasteiger partial charge in [0.1, 0.15) is 4.21 Å². The molecule has 1 rings (SSSR count). The lowest BCUT2D eigenvalue weighted by Crippen LogP contribution is -2.40. The Labute approximate surface area is 83.6 Å². The van der Waals surface area contributed by atoms with Crippen LogP contribution in [0.15, 0.2) is 15.7 Å². The van der Waals surface area contributed by atoms with E-state index < -0.39 is 18.1 Å². The van der Waals surface area contributed by atoms with Crippen molar-refractivity contribution < 1.29 is 8.42 Å². The van der Waals surface area contributed by atoms with Crippen molar-refractivity contribution in [3.05, 3.63) is 11.4 Å². The van der Waals surface area contributed by atoms with Crippen LogP contribution in [0.25, 0.3) is 0 Å². The fourth-order valence-corrected chi connectivity index (χ4v) is 6.43. The average Bonchev–Trinajstić information content (AvgIpc) is 2.27. The molecule has 0 aliphatic rings. The molecule has 0 unspecified atom stereocenters. The highest BCUT2D eigenvalue weighted by atomic mass is 32.2. The minimum atomic E-state index is -3.52. The number of sulfonamides is 1. The van der Waals surface area contributed by atoms with Crippen LogP contribution < -0.4 is 10.3 Å². The molecule has 0 saturated carbocycles. The maximum atomic E-state index is 11.2. The molecule has 0 aromatic carbocycles. The third-order valence-electron chi connectivity index (χ3n) is 1.70. The number of primary sulfonamides is 1. The molecule has 1 aromatic heterocycles. The summed E-state index contributed by atoms with van der Waals surface area (Å²) < 4.78 is 22.7. The molecule has 0 aliphatic heterocycles. The third kappa shape index (κ3) is 2.40. The van der Waals surface area contributed by atoms with E-state index in [0.717, 1.165) is 5.19 Å². The SMILES string of the molecule is C[Si](C)(C)c1ccsc1S(N)(=O)=O. The van der Waals surface area contributed by atoms with E-state index in [-0.39, 0.29) is 0 Å². The summed E-state index contributed by atoms with van der Waals surface area (Å²) in [6.07, 6.45) is 0. The third-order valence-corrected chi connectivity index (χ3v) is 6.52. The van der Waals surface area contributed by atoms with Gasteiger partial charge in [-0.2, -0.15) is 0 Å². The van der Waals surface area contributed by atoms with Gasteiger partial charge in [0.25, 0.3) is 0 Å². The van der Waals surface area contributed by atoms with E-state index in [2.05, 4.69) is 19.6 Å². The van der Waals surface area contributed by atoms with Crippen LogP contribution in [0.1, 0.15) is 0 Å². The zero-order chi connectivity index (χ0) is 10.3. The Hall–Kier alpha value is -0.173. The van der Waals surface area contributed by atoms with Gasteiger partial charge in [-0.1, -0.05) is 25.7 Å². The molecule has 0 radical (unpaired) electrons. The van der Waals surface area contributed by atoms with Crippen LogP contribution in [-0.2, 0) is 10.0 Å². The second kappa shape index (κ2) is 3.20. The van der Waals surface area contributed by atoms with Crippen molar-refractivity contribution in [3.8, 4) is 0 Å². The summed E-state index contributed by atoms with van der Waals surface area (Å²) >= 11 is 1.21. The first-order valence-electron chi connectivity index (χ1n) is 3.83. The molecule has 1 aromatic rings. The van der Waals surface area contributed by atoms with Crippen molar-refractivity contribution >= 4 is 34.6 Å². The molecular formula is C7H13NO2S2Si. The van der Waals surface area contributed by atoms with Crippen molar-refractivity contribution in [2.75, 3.05) is 0 Å². The molecule has 13 heavy (non-hydrogen) atoms. The topological polar surface area (TPSA) is 60.2 Å². The molecular weight excluding hydrogens is 222 g/mol. The lowest BCUT2D eigenvalue weighted by molar-refractivity contribution is 0.600. The first-order chi connectivity index (χ1) is 5.73. The molecule has 0 bridgehead atoms. The Morgan fingerprint density at radius 3 is 2.23 bits per heavy atom. The molecule has 1 heterocycles. The van der Waals surface area contributed by atoms with E-state index in [1.807, 2.05) is 6.07 Å². The summed E-state index contributed by atoms with van der Waals surface area (Å²) in [5.41, 5.74) is 0. The van der Waals surface area contributed by atoms with Gasteiger partial charge in [-0.05, 0) is 10.6 Å². The monoisotopic (exact) mass is 235 g/mol. The van der Waals surface area contributed by atoms with Crippen molar-refractivity contribution in [3.63, 3.8) is 0 Å². The minimum Gasteiger partial charge on any atom is -0.224 e. The van der Waals surface area contributed by atoms with Gasteiger partial charge >= 0.3 is 0 Å². The molecule has 0 spiro atoms. The van der Waals surface area contributed by atoms with Crippen LogP contribution >= 0.6 is 11.3 Å². The first-order valence-corrected chi connectivity index (χ1v) is 9.76. The summed E-state index contributed by atoms with van der Waals surface area (Å²) in [7, 11) is -5.10. The number of hydrogen-bond acceptors (Lipinski definition) is 3. The molecule has 6 heteroatoms. The van der Waals surface area contributed by atoms with Crippen molar-refractivity contribution in [2.45, 2.75) is 23.9 Å². The van der Waals surface area contributed by atoms with Crippen LogP contribution in [0.3, 0.4) is 0 Å². The Kier molecular flexibility index (Phi) is 2.68. The molecule has 0 aliphatic carbocycles. The fourth-order valence-electron chi connectivity index (χ4n) is 1.07. The largest absolute Gasteiger partial charge is 0.247 e. The summed E-state index contributed by atoms with van der Waals surface area (Å²) in [4.78, 5) is 0. The molecule has 3 nitrogen and oxygen atoms in total. The molecule has 74 valence electrons. The van der Waals surface area contributed by atoms with Crippen molar-refractivity contribution in [1.82, 2.24) is 0 Å². The zero-order valence-corrected chi connectivity index (χ0v) is 10.5. The van der Waals surface area contributed by atoms with Gasteiger partial charge in [0.2, 0.25) is 10.0 Å². The highest BCUT2D eigenvalue weighted by Gasteiger charge is 2.25. The van der Waals surface area contributed by atoms with E-state index in [4.69, 9.17) is 5.14 Å². The fraction of sp³-hybridized carbons (Fsp3) is 0.429.